The Morgan fingerprint density at radius 3 is 2.81 bits per heavy atom. The number of amides is 1. The van der Waals surface area contributed by atoms with Gasteiger partial charge in [-0.15, -0.1) is 0 Å². The molecule has 0 saturated carbocycles. The minimum atomic E-state index is -0.957. The second kappa shape index (κ2) is 6.42. The van der Waals surface area contributed by atoms with Crippen LogP contribution in [0.5, 0.6) is 11.5 Å². The lowest BCUT2D eigenvalue weighted by molar-refractivity contribution is -0.132. The second-order valence-corrected chi connectivity index (χ2v) is 7.38. The van der Waals surface area contributed by atoms with E-state index in [1.54, 1.807) is 7.11 Å². The fraction of sp³-hybridized carbons (Fsp3) is 0.300. The Morgan fingerprint density at radius 2 is 2.07 bits per heavy atom. The van der Waals surface area contributed by atoms with Gasteiger partial charge in [0.05, 0.1) is 13.2 Å². The van der Waals surface area contributed by atoms with E-state index in [1.165, 1.54) is 0 Å². The summed E-state index contributed by atoms with van der Waals surface area (Å²) < 4.78 is 11.6. The number of thiocarbonyl (C=S) groups is 1. The highest BCUT2D eigenvalue weighted by atomic mass is 32.1. The third kappa shape index (κ3) is 2.98. The monoisotopic (exact) mass is 383 g/mol. The number of methoxy groups -OCH3 is 1. The number of nitrogens with one attached hydrogen (secondary N) is 3. The molecule has 2 aromatic rings. The van der Waals surface area contributed by atoms with Crippen molar-refractivity contribution in [2.24, 2.45) is 5.92 Å². The summed E-state index contributed by atoms with van der Waals surface area (Å²) in [7, 11) is 1.61. The van der Waals surface area contributed by atoms with Gasteiger partial charge in [-0.2, -0.15) is 0 Å². The number of benzene rings is 2. The average molecular weight is 383 g/mol. The van der Waals surface area contributed by atoms with Crippen LogP contribution < -0.4 is 25.4 Å². The van der Waals surface area contributed by atoms with Gasteiger partial charge in [-0.25, -0.2) is 0 Å². The van der Waals surface area contributed by atoms with Crippen LogP contribution >= 0.6 is 12.2 Å². The molecule has 3 atom stereocenters. The molecule has 1 amide bonds. The summed E-state index contributed by atoms with van der Waals surface area (Å²) >= 11 is 5.35. The molecule has 2 aliphatic heterocycles. The molecular formula is C20H21N3O3S. The summed E-state index contributed by atoms with van der Waals surface area (Å²) in [5, 5.41) is 9.86. The molecule has 0 aliphatic carbocycles. The molecule has 2 aliphatic rings. The third-order valence-corrected chi connectivity index (χ3v) is 5.35. The van der Waals surface area contributed by atoms with Crippen LogP contribution in [0.2, 0.25) is 0 Å². The number of rotatable bonds is 3. The van der Waals surface area contributed by atoms with Gasteiger partial charge in [-0.3, -0.25) is 4.79 Å². The molecule has 2 bridgehead atoms. The highest BCUT2D eigenvalue weighted by Gasteiger charge is 2.54. The van der Waals surface area contributed by atoms with Crippen molar-refractivity contribution in [1.29, 1.82) is 0 Å². The molecule has 0 aromatic heterocycles. The van der Waals surface area contributed by atoms with E-state index in [9.17, 15) is 4.79 Å². The van der Waals surface area contributed by atoms with E-state index < -0.39 is 11.6 Å². The smallest absolute Gasteiger partial charge is 0.236 e. The van der Waals surface area contributed by atoms with Crippen molar-refractivity contribution in [3.63, 3.8) is 0 Å². The lowest BCUT2D eigenvalue weighted by Gasteiger charge is -2.50. The number of ether oxygens (including phenoxy) is 2. The Morgan fingerprint density at radius 1 is 1.30 bits per heavy atom. The van der Waals surface area contributed by atoms with Crippen LogP contribution in [0, 0.1) is 12.8 Å². The van der Waals surface area contributed by atoms with Crippen LogP contribution in [0.25, 0.3) is 0 Å². The fourth-order valence-electron chi connectivity index (χ4n) is 3.77. The van der Waals surface area contributed by atoms with Crippen molar-refractivity contribution < 1.29 is 14.3 Å². The Hall–Kier alpha value is -2.80. The highest BCUT2D eigenvalue weighted by molar-refractivity contribution is 7.80. The highest BCUT2D eigenvalue weighted by Crippen LogP contribution is 2.46. The minimum absolute atomic E-state index is 0.146. The van der Waals surface area contributed by atoms with Gasteiger partial charge in [0.2, 0.25) is 5.91 Å². The maximum Gasteiger partial charge on any atom is 0.236 e. The minimum Gasteiger partial charge on any atom is -0.497 e. The van der Waals surface area contributed by atoms with E-state index in [2.05, 4.69) is 16.0 Å². The van der Waals surface area contributed by atoms with Crippen LogP contribution in [0.4, 0.5) is 5.69 Å². The predicted octanol–water partition coefficient (Wildman–Crippen LogP) is 2.89. The quantitative estimate of drug-likeness (QED) is 0.708. The number of aryl methyl sites for hydroxylation is 1. The van der Waals surface area contributed by atoms with Gasteiger partial charge in [0.15, 0.2) is 10.8 Å². The molecular weight excluding hydrogens is 362 g/mol. The Balaban J connectivity index is 1.74. The van der Waals surface area contributed by atoms with Gasteiger partial charge in [0, 0.05) is 11.3 Å². The normalized spacial score (nSPS) is 25.4. The number of carbonyl (C=O) groups excluding carboxylic acids is 1. The van der Waals surface area contributed by atoms with E-state index in [4.69, 9.17) is 21.7 Å². The average Bonchev–Trinajstić information content (AvgIpc) is 2.62. The summed E-state index contributed by atoms with van der Waals surface area (Å²) in [6.45, 7) is 3.81. The lowest BCUT2D eigenvalue weighted by Crippen LogP contribution is -2.70. The molecule has 0 spiro atoms. The number of hydrogen-bond donors (Lipinski definition) is 3. The third-order valence-electron chi connectivity index (χ3n) is 5.13. The zero-order chi connectivity index (χ0) is 19.2. The first-order chi connectivity index (χ1) is 12.9. The van der Waals surface area contributed by atoms with Crippen molar-refractivity contribution in [3.8, 4) is 11.5 Å². The first-order valence-electron chi connectivity index (χ1n) is 8.73. The lowest BCUT2D eigenvalue weighted by atomic mass is 9.79. The van der Waals surface area contributed by atoms with Crippen molar-refractivity contribution >= 4 is 28.9 Å². The van der Waals surface area contributed by atoms with Gasteiger partial charge in [0.25, 0.3) is 0 Å². The number of fused-ring (bicyclic) bond motifs is 4. The molecule has 2 heterocycles. The molecule has 4 rings (SSSR count). The van der Waals surface area contributed by atoms with Gasteiger partial charge < -0.3 is 25.4 Å². The second-order valence-electron chi connectivity index (χ2n) is 6.97. The van der Waals surface area contributed by atoms with Crippen molar-refractivity contribution in [2.75, 3.05) is 12.4 Å². The summed E-state index contributed by atoms with van der Waals surface area (Å²) in [4.78, 5) is 13.3. The van der Waals surface area contributed by atoms with Crippen LogP contribution in [-0.2, 0) is 4.79 Å². The first kappa shape index (κ1) is 17.6. The van der Waals surface area contributed by atoms with Crippen LogP contribution in [-0.4, -0.2) is 23.9 Å². The number of carbonyl (C=O) groups is 1. The molecule has 3 N–H and O–H groups in total. The molecule has 1 fully saturated rings. The maximum atomic E-state index is 13.3. The van der Waals surface area contributed by atoms with E-state index >= 15 is 0 Å². The number of hydrogen-bond acceptors (Lipinski definition) is 4. The van der Waals surface area contributed by atoms with E-state index in [1.807, 2.05) is 56.3 Å². The molecule has 27 heavy (non-hydrogen) atoms. The Kier molecular flexibility index (Phi) is 4.19. The largest absolute Gasteiger partial charge is 0.497 e. The van der Waals surface area contributed by atoms with E-state index in [0.29, 0.717) is 16.6 Å². The Labute approximate surface area is 163 Å². The van der Waals surface area contributed by atoms with Gasteiger partial charge >= 0.3 is 0 Å². The van der Waals surface area contributed by atoms with Crippen LogP contribution in [0.3, 0.4) is 0 Å². The SMILES string of the molecule is COc1ccc2c(c1)[C@H]1NC(=S)N[C@@](C)(O2)[C@H]1C(=O)Nc1ccccc1C. The topological polar surface area (TPSA) is 71.6 Å². The maximum absolute atomic E-state index is 13.3. The number of anilines is 1. The van der Waals surface area contributed by atoms with Crippen molar-refractivity contribution in [1.82, 2.24) is 10.6 Å². The standard InChI is InChI=1S/C20H21N3O3S/c1-11-6-4-5-7-14(11)21-18(24)16-17-13-10-12(25-3)8-9-15(13)26-20(16,2)23-19(27)22-17/h4-10,16-17H,1-3H3,(H,21,24)(H2,22,23,27)/t16-,17-,20+/m1/s1. The molecule has 6 nitrogen and oxygen atoms in total. The summed E-state index contributed by atoms with van der Waals surface area (Å²) in [5.74, 6) is 0.715. The van der Waals surface area contributed by atoms with Crippen molar-refractivity contribution in [2.45, 2.75) is 25.6 Å². The molecule has 0 unspecified atom stereocenters. The van der Waals surface area contributed by atoms with Gasteiger partial charge in [-0.05, 0) is 55.9 Å². The van der Waals surface area contributed by atoms with Crippen LogP contribution in [0.15, 0.2) is 42.5 Å². The van der Waals surface area contributed by atoms with E-state index in [0.717, 1.165) is 16.8 Å². The summed E-state index contributed by atoms with van der Waals surface area (Å²) in [6, 6.07) is 12.9. The zero-order valence-electron chi connectivity index (χ0n) is 15.3. The Bertz CT molecular complexity index is 932. The molecule has 140 valence electrons. The fourth-order valence-corrected chi connectivity index (χ4v) is 4.10. The molecule has 2 aromatic carbocycles. The van der Waals surface area contributed by atoms with Crippen molar-refractivity contribution in [3.05, 3.63) is 53.6 Å². The summed E-state index contributed by atoms with van der Waals surface area (Å²) in [5.41, 5.74) is 1.67. The molecule has 1 saturated heterocycles. The molecule has 7 heteroatoms. The first-order valence-corrected chi connectivity index (χ1v) is 9.14. The summed E-state index contributed by atoms with van der Waals surface area (Å²) in [6.07, 6.45) is 0. The van der Waals surface area contributed by atoms with E-state index in [-0.39, 0.29) is 11.9 Å². The van der Waals surface area contributed by atoms with Crippen LogP contribution in [0.1, 0.15) is 24.1 Å². The predicted molar refractivity (Wildman–Crippen MR) is 107 cm³/mol. The van der Waals surface area contributed by atoms with Gasteiger partial charge in [0.1, 0.15) is 17.4 Å². The number of para-hydroxylation sites is 1. The zero-order valence-corrected chi connectivity index (χ0v) is 16.1. The molecule has 0 radical (unpaired) electrons. The van der Waals surface area contributed by atoms with Gasteiger partial charge in [-0.1, -0.05) is 18.2 Å².